The maximum Gasteiger partial charge on any atom is 0.124 e. The molecule has 0 spiro atoms. The van der Waals surface area contributed by atoms with Crippen molar-refractivity contribution in [3.05, 3.63) is 29.3 Å². The van der Waals surface area contributed by atoms with Gasteiger partial charge in [-0.25, -0.2) is 0 Å². The van der Waals surface area contributed by atoms with Crippen molar-refractivity contribution in [3.63, 3.8) is 0 Å². The zero-order valence-corrected chi connectivity index (χ0v) is 7.53. The molecule has 3 heteroatoms. The number of fused-ring (bicyclic) bond motifs is 1. The summed E-state index contributed by atoms with van der Waals surface area (Å²) in [5.74, 6) is 0.795. The second kappa shape index (κ2) is 3.01. The number of aliphatic hydroxyl groups is 1. The van der Waals surface area contributed by atoms with Crippen LogP contribution in [0.4, 0.5) is 0 Å². The van der Waals surface area contributed by atoms with Crippen LogP contribution in [0.2, 0.25) is 0 Å². The van der Waals surface area contributed by atoms with Gasteiger partial charge in [-0.05, 0) is 13.0 Å². The van der Waals surface area contributed by atoms with Gasteiger partial charge in [0.25, 0.3) is 0 Å². The second-order valence-corrected chi connectivity index (χ2v) is 3.45. The fraction of sp³-hybridized carbons (Fsp3) is 0.400. The number of aryl methyl sites for hydroxylation is 1. The number of rotatable bonds is 0. The predicted molar refractivity (Wildman–Crippen MR) is 49.6 cm³/mol. The lowest BCUT2D eigenvalue weighted by Gasteiger charge is -2.27. The van der Waals surface area contributed by atoms with E-state index in [1.54, 1.807) is 0 Å². The lowest BCUT2D eigenvalue weighted by Crippen LogP contribution is -2.35. The molecule has 0 fully saturated rings. The van der Waals surface area contributed by atoms with E-state index in [0.29, 0.717) is 0 Å². The molecular formula is C10H13NO2. The van der Waals surface area contributed by atoms with Crippen molar-refractivity contribution in [3.8, 4) is 5.75 Å². The molecule has 1 aromatic carbocycles. The summed E-state index contributed by atoms with van der Waals surface area (Å²) in [5.41, 5.74) is 7.86. The lowest BCUT2D eigenvalue weighted by molar-refractivity contribution is 0.0678. The number of nitrogens with two attached hydrogens (primary N) is 1. The van der Waals surface area contributed by atoms with E-state index in [2.05, 4.69) is 0 Å². The molecule has 3 N–H and O–H groups in total. The molecule has 70 valence electrons. The highest BCUT2D eigenvalue weighted by Crippen LogP contribution is 2.31. The van der Waals surface area contributed by atoms with Crippen LogP contribution >= 0.6 is 0 Å². The molecule has 13 heavy (non-hydrogen) atoms. The van der Waals surface area contributed by atoms with Gasteiger partial charge in [-0.2, -0.15) is 0 Å². The van der Waals surface area contributed by atoms with Crippen molar-refractivity contribution in [1.29, 1.82) is 0 Å². The summed E-state index contributed by atoms with van der Waals surface area (Å²) in [5, 5.41) is 9.47. The van der Waals surface area contributed by atoms with Gasteiger partial charge >= 0.3 is 0 Å². The van der Waals surface area contributed by atoms with Gasteiger partial charge in [-0.3, -0.25) is 0 Å². The molecule has 1 aliphatic rings. The van der Waals surface area contributed by atoms with E-state index in [4.69, 9.17) is 10.5 Å². The van der Waals surface area contributed by atoms with Gasteiger partial charge in [0.1, 0.15) is 18.5 Å². The van der Waals surface area contributed by atoms with Gasteiger partial charge in [0.05, 0.1) is 6.04 Å². The molecule has 1 aromatic rings. The molecule has 2 unspecified atom stereocenters. The molecule has 2 rings (SSSR count). The summed E-state index contributed by atoms with van der Waals surface area (Å²) < 4.78 is 5.33. The molecule has 1 aliphatic heterocycles. The summed E-state index contributed by atoms with van der Waals surface area (Å²) in [4.78, 5) is 0. The minimum Gasteiger partial charge on any atom is -0.490 e. The maximum atomic E-state index is 9.47. The monoisotopic (exact) mass is 179 g/mol. The van der Waals surface area contributed by atoms with E-state index in [1.165, 1.54) is 0 Å². The Bertz CT molecular complexity index is 325. The molecule has 0 saturated carbocycles. The van der Waals surface area contributed by atoms with Crippen molar-refractivity contribution >= 4 is 0 Å². The van der Waals surface area contributed by atoms with Gasteiger partial charge in [-0.1, -0.05) is 17.7 Å². The molecule has 0 amide bonds. The fourth-order valence-corrected chi connectivity index (χ4v) is 1.55. The second-order valence-electron chi connectivity index (χ2n) is 3.45. The van der Waals surface area contributed by atoms with Crippen molar-refractivity contribution < 1.29 is 9.84 Å². The quantitative estimate of drug-likeness (QED) is 0.618. The Morgan fingerprint density at radius 3 is 3.08 bits per heavy atom. The van der Waals surface area contributed by atoms with Crippen molar-refractivity contribution in [2.24, 2.45) is 5.73 Å². The van der Waals surface area contributed by atoms with E-state index in [0.717, 1.165) is 16.9 Å². The smallest absolute Gasteiger partial charge is 0.124 e. The Morgan fingerprint density at radius 2 is 2.31 bits per heavy atom. The minimum absolute atomic E-state index is 0.289. The van der Waals surface area contributed by atoms with E-state index in [-0.39, 0.29) is 12.6 Å². The van der Waals surface area contributed by atoms with Crippen LogP contribution in [0.25, 0.3) is 0 Å². The fourth-order valence-electron chi connectivity index (χ4n) is 1.55. The Balaban J connectivity index is 2.45. The molecule has 0 aromatic heterocycles. The Hall–Kier alpha value is -1.06. The Kier molecular flexibility index (Phi) is 1.98. The molecule has 0 saturated heterocycles. The highest BCUT2D eigenvalue weighted by atomic mass is 16.5. The summed E-state index contributed by atoms with van der Waals surface area (Å²) in [6, 6.07) is 5.52. The average molecular weight is 179 g/mol. The highest BCUT2D eigenvalue weighted by Gasteiger charge is 2.25. The average Bonchev–Trinajstić information content (AvgIpc) is 2.12. The van der Waals surface area contributed by atoms with Crippen LogP contribution in [0.3, 0.4) is 0 Å². The topological polar surface area (TPSA) is 55.5 Å². The Labute approximate surface area is 77.1 Å². The standard InChI is InChI=1S/C10H13NO2/c1-6-2-3-9-7(4-6)10(11)8(12)5-13-9/h2-4,8,10,12H,5,11H2,1H3. The van der Waals surface area contributed by atoms with Crippen LogP contribution < -0.4 is 10.5 Å². The van der Waals surface area contributed by atoms with Gasteiger partial charge in [0.15, 0.2) is 0 Å². The number of hydrogen-bond acceptors (Lipinski definition) is 3. The maximum absolute atomic E-state index is 9.47. The summed E-state index contributed by atoms with van der Waals surface area (Å²) in [6.45, 7) is 2.28. The highest BCUT2D eigenvalue weighted by molar-refractivity contribution is 5.40. The summed E-state index contributed by atoms with van der Waals surface area (Å²) >= 11 is 0. The largest absolute Gasteiger partial charge is 0.490 e. The van der Waals surface area contributed by atoms with Crippen LogP contribution in [0.5, 0.6) is 5.75 Å². The third kappa shape index (κ3) is 1.41. The minimum atomic E-state index is -0.589. The number of aliphatic hydroxyl groups excluding tert-OH is 1. The molecular weight excluding hydrogens is 166 g/mol. The van der Waals surface area contributed by atoms with E-state index in [9.17, 15) is 5.11 Å². The molecule has 0 radical (unpaired) electrons. The van der Waals surface area contributed by atoms with Crippen LogP contribution in [-0.4, -0.2) is 17.8 Å². The van der Waals surface area contributed by atoms with Gasteiger partial charge in [0, 0.05) is 5.56 Å². The Morgan fingerprint density at radius 1 is 1.54 bits per heavy atom. The molecule has 0 aliphatic carbocycles. The van der Waals surface area contributed by atoms with Gasteiger partial charge in [0.2, 0.25) is 0 Å². The van der Waals surface area contributed by atoms with E-state index in [1.807, 2.05) is 25.1 Å². The molecule has 0 bridgehead atoms. The first-order chi connectivity index (χ1) is 6.18. The van der Waals surface area contributed by atoms with E-state index >= 15 is 0 Å². The first-order valence-corrected chi connectivity index (χ1v) is 4.35. The van der Waals surface area contributed by atoms with Crippen molar-refractivity contribution in [2.75, 3.05) is 6.61 Å². The third-order valence-electron chi connectivity index (χ3n) is 2.35. The zero-order chi connectivity index (χ0) is 9.42. The van der Waals surface area contributed by atoms with Crippen LogP contribution in [0.1, 0.15) is 17.2 Å². The third-order valence-corrected chi connectivity index (χ3v) is 2.35. The molecule has 3 nitrogen and oxygen atoms in total. The summed E-state index contributed by atoms with van der Waals surface area (Å²) in [6.07, 6.45) is -0.589. The van der Waals surface area contributed by atoms with Gasteiger partial charge in [-0.15, -0.1) is 0 Å². The number of ether oxygens (including phenoxy) is 1. The van der Waals surface area contributed by atoms with Crippen LogP contribution in [0, 0.1) is 6.92 Å². The van der Waals surface area contributed by atoms with Crippen LogP contribution in [0.15, 0.2) is 18.2 Å². The van der Waals surface area contributed by atoms with Crippen molar-refractivity contribution in [1.82, 2.24) is 0 Å². The molecule has 1 heterocycles. The first kappa shape index (κ1) is 8.53. The SMILES string of the molecule is Cc1ccc2c(c1)C(N)C(O)CO2. The lowest BCUT2D eigenvalue weighted by atomic mass is 9.97. The predicted octanol–water partition coefficient (Wildman–Crippen LogP) is 0.748. The van der Waals surface area contributed by atoms with E-state index < -0.39 is 6.10 Å². The normalized spacial score (nSPS) is 26.4. The summed E-state index contributed by atoms with van der Waals surface area (Å²) in [7, 11) is 0. The number of hydrogen-bond donors (Lipinski definition) is 2. The van der Waals surface area contributed by atoms with Crippen LogP contribution in [-0.2, 0) is 0 Å². The zero-order valence-electron chi connectivity index (χ0n) is 7.53. The van der Waals surface area contributed by atoms with Crippen molar-refractivity contribution in [2.45, 2.75) is 19.1 Å². The number of benzene rings is 1. The molecule has 2 atom stereocenters. The van der Waals surface area contributed by atoms with Gasteiger partial charge < -0.3 is 15.6 Å². The first-order valence-electron chi connectivity index (χ1n) is 4.35.